The largest absolute Gasteiger partial charge is 0.485 e. The van der Waals surface area contributed by atoms with Crippen LogP contribution in [0.25, 0.3) is 0 Å². The van der Waals surface area contributed by atoms with Gasteiger partial charge in [0.2, 0.25) is 0 Å². The topological polar surface area (TPSA) is 34.1 Å². The molecule has 2 aliphatic rings. The van der Waals surface area contributed by atoms with Crippen LogP contribution in [0.2, 0.25) is 0 Å². The van der Waals surface area contributed by atoms with Crippen LogP contribution in [0.5, 0.6) is 5.75 Å². The molecule has 1 aromatic rings. The van der Waals surface area contributed by atoms with E-state index in [4.69, 9.17) is 4.74 Å². The summed E-state index contributed by atoms with van der Waals surface area (Å²) in [4.78, 5) is 4.09. The third kappa shape index (κ3) is 1.20. The highest BCUT2D eigenvalue weighted by molar-refractivity contribution is 5.36. The summed E-state index contributed by atoms with van der Waals surface area (Å²) >= 11 is 0. The standard InChI is InChI=1S/C11H14N2O/c1-4-13-8-10-9(1)7-11(14-10)2-5-12-6-3-11/h1,4,8,12H,2-3,5-7H2. The Bertz CT molecular complexity index is 318. The summed E-state index contributed by atoms with van der Waals surface area (Å²) in [5.41, 5.74) is 1.40. The van der Waals surface area contributed by atoms with E-state index in [1.807, 2.05) is 12.4 Å². The third-order valence-electron chi connectivity index (χ3n) is 3.22. The SMILES string of the molecule is c1cc2c(cn1)OC1(CCNCC1)C2. The number of aromatic nitrogens is 1. The van der Waals surface area contributed by atoms with E-state index in [2.05, 4.69) is 16.4 Å². The third-order valence-corrected chi connectivity index (χ3v) is 3.22. The van der Waals surface area contributed by atoms with Crippen LogP contribution in [-0.2, 0) is 6.42 Å². The lowest BCUT2D eigenvalue weighted by Gasteiger charge is -2.33. The quantitative estimate of drug-likeness (QED) is 0.666. The molecule has 1 spiro atoms. The highest BCUT2D eigenvalue weighted by atomic mass is 16.5. The van der Waals surface area contributed by atoms with Crippen molar-refractivity contribution in [2.45, 2.75) is 24.9 Å². The second kappa shape index (κ2) is 2.95. The summed E-state index contributed by atoms with van der Waals surface area (Å²) in [6.07, 6.45) is 6.98. The molecule has 1 saturated heterocycles. The van der Waals surface area contributed by atoms with Gasteiger partial charge in [0, 0.05) is 18.2 Å². The number of nitrogens with one attached hydrogen (secondary N) is 1. The summed E-state index contributed by atoms with van der Waals surface area (Å²) in [5.74, 6) is 0.995. The van der Waals surface area contributed by atoms with Crippen molar-refractivity contribution in [2.24, 2.45) is 0 Å². The maximum atomic E-state index is 6.03. The molecular formula is C11H14N2O. The lowest BCUT2D eigenvalue weighted by atomic mass is 9.88. The van der Waals surface area contributed by atoms with Gasteiger partial charge in [-0.2, -0.15) is 0 Å². The molecule has 0 amide bonds. The zero-order chi connectivity index (χ0) is 9.43. The lowest BCUT2D eigenvalue weighted by Crippen LogP contribution is -2.45. The van der Waals surface area contributed by atoms with Crippen LogP contribution in [0.15, 0.2) is 18.5 Å². The summed E-state index contributed by atoms with van der Waals surface area (Å²) in [7, 11) is 0. The van der Waals surface area contributed by atoms with Crippen molar-refractivity contribution in [1.82, 2.24) is 10.3 Å². The van der Waals surface area contributed by atoms with E-state index in [1.54, 1.807) is 0 Å². The number of hydrogen-bond acceptors (Lipinski definition) is 3. The number of rotatable bonds is 0. The molecule has 14 heavy (non-hydrogen) atoms. The Labute approximate surface area is 83.5 Å². The fraction of sp³-hybridized carbons (Fsp3) is 0.545. The molecule has 0 radical (unpaired) electrons. The Morgan fingerprint density at radius 2 is 2.21 bits per heavy atom. The zero-order valence-corrected chi connectivity index (χ0v) is 8.12. The van der Waals surface area contributed by atoms with Crippen molar-refractivity contribution < 1.29 is 4.74 Å². The van der Waals surface area contributed by atoms with E-state index in [9.17, 15) is 0 Å². The number of pyridine rings is 1. The summed E-state index contributed by atoms with van der Waals surface area (Å²) < 4.78 is 6.03. The number of piperidine rings is 1. The molecule has 2 aliphatic heterocycles. The molecule has 0 aliphatic carbocycles. The van der Waals surface area contributed by atoms with Gasteiger partial charge in [0.1, 0.15) is 11.4 Å². The maximum absolute atomic E-state index is 6.03. The molecule has 74 valence electrons. The number of hydrogen-bond donors (Lipinski definition) is 1. The van der Waals surface area contributed by atoms with Gasteiger partial charge in [-0.25, -0.2) is 0 Å². The van der Waals surface area contributed by atoms with Gasteiger partial charge in [-0.05, 0) is 32.0 Å². The zero-order valence-electron chi connectivity index (χ0n) is 8.12. The molecule has 0 bridgehead atoms. The van der Waals surface area contributed by atoms with Gasteiger partial charge in [0.05, 0.1) is 6.20 Å². The molecule has 3 rings (SSSR count). The average Bonchev–Trinajstić information content (AvgIpc) is 2.56. The summed E-state index contributed by atoms with van der Waals surface area (Å²) in [5, 5.41) is 3.37. The van der Waals surface area contributed by atoms with E-state index < -0.39 is 0 Å². The second-order valence-corrected chi connectivity index (χ2v) is 4.20. The molecule has 0 atom stereocenters. The van der Waals surface area contributed by atoms with Crippen molar-refractivity contribution >= 4 is 0 Å². The average molecular weight is 190 g/mol. The Balaban J connectivity index is 1.89. The molecule has 3 heterocycles. The molecule has 3 heteroatoms. The van der Waals surface area contributed by atoms with Crippen molar-refractivity contribution in [3.8, 4) is 5.75 Å². The fourth-order valence-corrected chi connectivity index (χ4v) is 2.42. The van der Waals surface area contributed by atoms with Gasteiger partial charge < -0.3 is 10.1 Å². The van der Waals surface area contributed by atoms with Crippen LogP contribution < -0.4 is 10.1 Å². The molecule has 1 fully saturated rings. The number of fused-ring (bicyclic) bond motifs is 1. The Hall–Kier alpha value is -1.09. The molecule has 0 saturated carbocycles. The van der Waals surface area contributed by atoms with E-state index >= 15 is 0 Å². The predicted molar refractivity (Wildman–Crippen MR) is 53.4 cm³/mol. The molecular weight excluding hydrogens is 176 g/mol. The van der Waals surface area contributed by atoms with Crippen LogP contribution in [-0.4, -0.2) is 23.7 Å². The highest BCUT2D eigenvalue weighted by Gasteiger charge is 2.40. The van der Waals surface area contributed by atoms with E-state index in [1.165, 1.54) is 5.56 Å². The van der Waals surface area contributed by atoms with Crippen molar-refractivity contribution in [3.05, 3.63) is 24.0 Å². The highest BCUT2D eigenvalue weighted by Crippen LogP contribution is 2.38. The van der Waals surface area contributed by atoms with Crippen molar-refractivity contribution in [3.63, 3.8) is 0 Å². The maximum Gasteiger partial charge on any atom is 0.141 e. The predicted octanol–water partition coefficient (Wildman–Crippen LogP) is 1.14. The molecule has 0 unspecified atom stereocenters. The van der Waals surface area contributed by atoms with Crippen molar-refractivity contribution in [2.75, 3.05) is 13.1 Å². The first-order chi connectivity index (χ1) is 6.88. The van der Waals surface area contributed by atoms with Gasteiger partial charge in [0.15, 0.2) is 0 Å². The first kappa shape index (κ1) is 8.24. The van der Waals surface area contributed by atoms with Crippen LogP contribution in [0, 0.1) is 0 Å². The van der Waals surface area contributed by atoms with Gasteiger partial charge in [-0.1, -0.05) is 0 Å². The number of nitrogens with zero attached hydrogens (tertiary/aromatic N) is 1. The first-order valence-corrected chi connectivity index (χ1v) is 5.21. The van der Waals surface area contributed by atoms with Gasteiger partial charge in [-0.15, -0.1) is 0 Å². The summed E-state index contributed by atoms with van der Waals surface area (Å²) in [6, 6.07) is 2.08. The van der Waals surface area contributed by atoms with Crippen LogP contribution in [0.1, 0.15) is 18.4 Å². The molecule has 0 aromatic carbocycles. The van der Waals surface area contributed by atoms with Gasteiger partial charge in [-0.3, -0.25) is 4.98 Å². The smallest absolute Gasteiger partial charge is 0.141 e. The van der Waals surface area contributed by atoms with E-state index in [0.717, 1.165) is 38.1 Å². The first-order valence-electron chi connectivity index (χ1n) is 5.21. The van der Waals surface area contributed by atoms with Gasteiger partial charge in [0.25, 0.3) is 0 Å². The fourth-order valence-electron chi connectivity index (χ4n) is 2.42. The van der Waals surface area contributed by atoms with E-state index in [0.29, 0.717) is 0 Å². The Kier molecular flexibility index (Phi) is 1.74. The van der Waals surface area contributed by atoms with Crippen LogP contribution in [0.3, 0.4) is 0 Å². The van der Waals surface area contributed by atoms with Crippen LogP contribution in [0.4, 0.5) is 0 Å². The second-order valence-electron chi connectivity index (χ2n) is 4.20. The Morgan fingerprint density at radius 1 is 1.36 bits per heavy atom. The Morgan fingerprint density at radius 3 is 3.00 bits per heavy atom. The molecule has 3 nitrogen and oxygen atoms in total. The monoisotopic (exact) mass is 190 g/mol. The lowest BCUT2D eigenvalue weighted by molar-refractivity contribution is 0.0597. The minimum Gasteiger partial charge on any atom is -0.485 e. The number of ether oxygens (including phenoxy) is 1. The van der Waals surface area contributed by atoms with Crippen molar-refractivity contribution in [1.29, 1.82) is 0 Å². The van der Waals surface area contributed by atoms with Gasteiger partial charge >= 0.3 is 0 Å². The van der Waals surface area contributed by atoms with E-state index in [-0.39, 0.29) is 5.60 Å². The summed E-state index contributed by atoms with van der Waals surface area (Å²) in [6.45, 7) is 2.14. The minimum atomic E-state index is 0.0800. The molecule has 1 aromatic heterocycles. The molecule has 1 N–H and O–H groups in total. The minimum absolute atomic E-state index is 0.0800. The van der Waals surface area contributed by atoms with Crippen LogP contribution >= 0.6 is 0 Å². The normalized spacial score (nSPS) is 23.1.